The van der Waals surface area contributed by atoms with Crippen molar-refractivity contribution in [2.24, 2.45) is 0 Å². The summed E-state index contributed by atoms with van der Waals surface area (Å²) in [6.07, 6.45) is 6.67. The van der Waals surface area contributed by atoms with Gasteiger partial charge in [-0.05, 0) is 6.08 Å². The zero-order chi connectivity index (χ0) is 4.83. The molecule has 32 valence electrons. The molecule has 0 amide bonds. The van der Waals surface area contributed by atoms with Crippen LogP contribution in [0.2, 0.25) is 6.55 Å². The van der Waals surface area contributed by atoms with Crippen molar-refractivity contribution in [3.05, 3.63) is 11.8 Å². The number of hydrogen-bond donors (Lipinski definition) is 0. The Labute approximate surface area is 41.1 Å². The minimum atomic E-state index is 0.0799. The maximum absolute atomic E-state index is 4.90. The molecular weight excluding hydrogens is 88.1 g/mol. The van der Waals surface area contributed by atoms with E-state index in [1.54, 1.807) is 6.08 Å². The highest BCUT2D eigenvalue weighted by molar-refractivity contribution is 6.40. The highest BCUT2D eigenvalue weighted by atomic mass is 28.2. The molecule has 0 aromatic rings. The van der Waals surface area contributed by atoms with Crippen molar-refractivity contribution in [1.29, 1.82) is 0 Å². The molecule has 0 nitrogen and oxygen atoms in total. The normalized spacial score (nSPS) is 10.7. The summed E-state index contributed by atoms with van der Waals surface area (Å²) < 4.78 is 0. The number of hydrogen-bond acceptors (Lipinski definition) is 0. The van der Waals surface area contributed by atoms with E-state index in [0.29, 0.717) is 0 Å². The first-order chi connectivity index (χ1) is 2.91. The molecule has 0 aromatic carbocycles. The molecule has 0 radical (unpaired) electrons. The van der Waals surface area contributed by atoms with E-state index < -0.39 is 0 Å². The highest BCUT2D eigenvalue weighted by Crippen LogP contribution is 1.61. The van der Waals surface area contributed by atoms with Crippen LogP contribution >= 0.6 is 0 Å². The van der Waals surface area contributed by atoms with Gasteiger partial charge in [0.1, 0.15) is 0 Å². The van der Waals surface area contributed by atoms with Gasteiger partial charge < -0.3 is 0 Å². The lowest BCUT2D eigenvalue weighted by molar-refractivity contribution is 2.17. The van der Waals surface area contributed by atoms with E-state index in [2.05, 4.69) is 18.2 Å². The molecule has 0 aliphatic heterocycles. The lowest BCUT2D eigenvalue weighted by Crippen LogP contribution is -1.65. The first-order valence-electron chi connectivity index (χ1n) is 2.03. The molecule has 1 heteroatoms. The van der Waals surface area contributed by atoms with Crippen LogP contribution < -0.4 is 0 Å². The van der Waals surface area contributed by atoms with Crippen molar-refractivity contribution in [3.63, 3.8) is 0 Å². The molecule has 0 rings (SSSR count). The van der Waals surface area contributed by atoms with E-state index in [0.717, 1.165) is 0 Å². The summed E-state index contributed by atoms with van der Waals surface area (Å²) in [5.74, 6) is 2.42. The molecule has 0 atom stereocenters. The van der Waals surface area contributed by atoms with Crippen LogP contribution in [0, 0.1) is 12.3 Å². The second-order valence-electron chi connectivity index (χ2n) is 0.977. The van der Waals surface area contributed by atoms with Crippen molar-refractivity contribution < 1.29 is 0 Å². The zero-order valence-electron chi connectivity index (χ0n) is 3.94. The molecule has 0 aromatic heterocycles. The van der Waals surface area contributed by atoms with Gasteiger partial charge in [0, 0.05) is 9.52 Å². The Balaban J connectivity index is 3.02. The van der Waals surface area contributed by atoms with Crippen LogP contribution in [-0.2, 0) is 0 Å². The van der Waals surface area contributed by atoms with Gasteiger partial charge in [-0.3, -0.25) is 0 Å². The van der Waals surface area contributed by atoms with Crippen molar-refractivity contribution in [1.82, 2.24) is 0 Å². The molecule has 6 heavy (non-hydrogen) atoms. The van der Waals surface area contributed by atoms with Gasteiger partial charge in [-0.25, -0.2) is 0 Å². The van der Waals surface area contributed by atoms with E-state index >= 15 is 0 Å². The maximum Gasteiger partial charge on any atom is 0.0431 e. The topological polar surface area (TPSA) is 0 Å². The standard InChI is InChI=1S/C5H8Si/c1-3-4-5-6-2/h1,4-5H,6H2,2H3. The van der Waals surface area contributed by atoms with Crippen molar-refractivity contribution in [3.8, 4) is 12.3 Å². The van der Waals surface area contributed by atoms with Crippen molar-refractivity contribution >= 4 is 9.52 Å². The third-order valence-electron chi connectivity index (χ3n) is 0.450. The minimum Gasteiger partial charge on any atom is -0.115 e. The molecule has 0 unspecified atom stereocenters. The van der Waals surface area contributed by atoms with Gasteiger partial charge >= 0.3 is 0 Å². The summed E-state index contributed by atoms with van der Waals surface area (Å²) in [6.45, 7) is 2.19. The SMILES string of the molecule is C#CC=C[SiH2]C. The predicted molar refractivity (Wildman–Crippen MR) is 32.4 cm³/mol. The molecule has 0 aliphatic carbocycles. The van der Waals surface area contributed by atoms with Gasteiger partial charge in [-0.15, -0.1) is 6.42 Å². The highest BCUT2D eigenvalue weighted by Gasteiger charge is 1.57. The van der Waals surface area contributed by atoms with Gasteiger partial charge in [0.15, 0.2) is 0 Å². The molecular formula is C5H8Si. The number of allylic oxidation sites excluding steroid dienone is 1. The summed E-state index contributed by atoms with van der Waals surface area (Å²) in [4.78, 5) is 0. The Morgan fingerprint density at radius 3 is 2.67 bits per heavy atom. The Bertz CT molecular complexity index is 76.4. The van der Waals surface area contributed by atoms with Crippen molar-refractivity contribution in [2.45, 2.75) is 6.55 Å². The summed E-state index contributed by atoms with van der Waals surface area (Å²) in [7, 11) is 0.0799. The summed E-state index contributed by atoms with van der Waals surface area (Å²) in [5.41, 5.74) is 2.08. The molecule has 0 heterocycles. The Morgan fingerprint density at radius 1 is 1.83 bits per heavy atom. The van der Waals surface area contributed by atoms with Crippen LogP contribution in [0.3, 0.4) is 0 Å². The average Bonchev–Trinajstić information content (AvgIpc) is 1.61. The average molecular weight is 96.2 g/mol. The smallest absolute Gasteiger partial charge is 0.0431 e. The molecule has 0 aliphatic rings. The minimum absolute atomic E-state index is 0.0799. The predicted octanol–water partition coefficient (Wildman–Crippen LogP) is 0.350. The first-order valence-corrected chi connectivity index (χ1v) is 4.26. The van der Waals surface area contributed by atoms with Gasteiger partial charge in [-0.1, -0.05) is 18.2 Å². The van der Waals surface area contributed by atoms with Crippen LogP contribution in [-0.4, -0.2) is 9.52 Å². The van der Waals surface area contributed by atoms with Gasteiger partial charge in [0.25, 0.3) is 0 Å². The zero-order valence-corrected chi connectivity index (χ0v) is 5.35. The lowest BCUT2D eigenvalue weighted by Gasteiger charge is -1.63. The van der Waals surface area contributed by atoms with Crippen LogP contribution in [0.5, 0.6) is 0 Å². The molecule has 0 saturated carbocycles. The lowest BCUT2D eigenvalue weighted by atomic mass is 10.7. The largest absolute Gasteiger partial charge is 0.115 e. The van der Waals surface area contributed by atoms with Gasteiger partial charge in [0.05, 0.1) is 0 Å². The third-order valence-corrected chi connectivity index (χ3v) is 1.16. The fourth-order valence-corrected chi connectivity index (χ4v) is 0.558. The Morgan fingerprint density at radius 2 is 2.50 bits per heavy atom. The van der Waals surface area contributed by atoms with Gasteiger partial charge in [0.2, 0.25) is 0 Å². The van der Waals surface area contributed by atoms with Crippen LogP contribution in [0.25, 0.3) is 0 Å². The van der Waals surface area contributed by atoms with Crippen LogP contribution in [0.1, 0.15) is 0 Å². The van der Waals surface area contributed by atoms with E-state index in [1.165, 1.54) is 0 Å². The second-order valence-corrected chi connectivity index (χ2v) is 2.27. The van der Waals surface area contributed by atoms with E-state index in [-0.39, 0.29) is 9.52 Å². The molecule has 0 spiro atoms. The van der Waals surface area contributed by atoms with Crippen LogP contribution in [0.4, 0.5) is 0 Å². The quantitative estimate of drug-likeness (QED) is 0.326. The van der Waals surface area contributed by atoms with Gasteiger partial charge in [-0.2, -0.15) is 0 Å². The molecule has 0 bridgehead atoms. The molecule has 0 N–H and O–H groups in total. The summed E-state index contributed by atoms with van der Waals surface area (Å²) in [5, 5.41) is 0. The Hall–Kier alpha value is -0.483. The van der Waals surface area contributed by atoms with E-state index in [9.17, 15) is 0 Å². The number of rotatable bonds is 1. The summed E-state index contributed by atoms with van der Waals surface area (Å²) >= 11 is 0. The van der Waals surface area contributed by atoms with E-state index in [1.807, 2.05) is 0 Å². The third kappa shape index (κ3) is 3.52. The van der Waals surface area contributed by atoms with E-state index in [4.69, 9.17) is 6.42 Å². The first kappa shape index (κ1) is 5.52. The molecule has 0 saturated heterocycles. The fourth-order valence-electron chi connectivity index (χ4n) is 0.186. The summed E-state index contributed by atoms with van der Waals surface area (Å²) in [6, 6.07) is 0. The Kier molecular flexibility index (Phi) is 4.15. The second kappa shape index (κ2) is 4.52. The van der Waals surface area contributed by atoms with Crippen molar-refractivity contribution in [2.75, 3.05) is 0 Å². The van der Waals surface area contributed by atoms with Crippen LogP contribution in [0.15, 0.2) is 11.8 Å². The fraction of sp³-hybridized carbons (Fsp3) is 0.200. The number of terminal acetylenes is 1. The maximum atomic E-state index is 4.90. The molecule has 0 fully saturated rings. The monoisotopic (exact) mass is 96.0 g/mol.